The zero-order chi connectivity index (χ0) is 16.8. The number of likely N-dealkylation sites (N-methyl/N-ethyl adjacent to an activating group) is 2. The van der Waals surface area contributed by atoms with Gasteiger partial charge in [0.1, 0.15) is 0 Å². The van der Waals surface area contributed by atoms with Crippen LogP contribution < -0.4 is 5.32 Å². The van der Waals surface area contributed by atoms with E-state index in [1.165, 1.54) is 5.56 Å². The first kappa shape index (κ1) is 18.2. The van der Waals surface area contributed by atoms with Crippen LogP contribution in [0.15, 0.2) is 33.7 Å². The molecule has 1 aliphatic heterocycles. The maximum atomic E-state index is 4.42. The third-order valence-corrected chi connectivity index (χ3v) is 4.91. The minimum absolute atomic E-state index is 0.520. The van der Waals surface area contributed by atoms with Gasteiger partial charge in [0, 0.05) is 57.3 Å². The molecule has 0 aliphatic carbocycles. The van der Waals surface area contributed by atoms with Crippen LogP contribution in [0.1, 0.15) is 5.56 Å². The van der Waals surface area contributed by atoms with Crippen LogP contribution in [-0.4, -0.2) is 81.1 Å². The maximum Gasteiger partial charge on any atom is 0.193 e. The number of rotatable bonds is 4. The van der Waals surface area contributed by atoms with Crippen LogP contribution in [-0.2, 0) is 6.54 Å². The third-order valence-electron chi connectivity index (χ3n) is 4.38. The second kappa shape index (κ2) is 8.66. The molecule has 1 aromatic carbocycles. The topological polar surface area (TPSA) is 34.1 Å². The van der Waals surface area contributed by atoms with Crippen LogP contribution >= 0.6 is 15.9 Å². The standard InChI is InChI=1S/C17H28BrN5/c1-19-17(20-11-16-13-21(2)9-10-22(16)3)23(4)12-14-5-7-15(18)8-6-14/h5-8,16H,9-13H2,1-4H3,(H,19,20). The van der Waals surface area contributed by atoms with Crippen molar-refractivity contribution in [3.05, 3.63) is 34.3 Å². The number of nitrogens with one attached hydrogen (secondary N) is 1. The fraction of sp³-hybridized carbons (Fsp3) is 0.588. The average Bonchev–Trinajstić information content (AvgIpc) is 2.53. The van der Waals surface area contributed by atoms with Gasteiger partial charge in [0.15, 0.2) is 5.96 Å². The summed E-state index contributed by atoms with van der Waals surface area (Å²) in [6.45, 7) is 5.11. The molecule has 1 unspecified atom stereocenters. The quantitative estimate of drug-likeness (QED) is 0.635. The lowest BCUT2D eigenvalue weighted by Crippen LogP contribution is -2.55. The number of benzene rings is 1. The molecule has 0 aromatic heterocycles. The molecule has 1 fully saturated rings. The second-order valence-corrected chi connectivity index (χ2v) is 7.22. The first-order valence-corrected chi connectivity index (χ1v) is 8.84. The van der Waals surface area contributed by atoms with Gasteiger partial charge < -0.3 is 15.1 Å². The largest absolute Gasteiger partial charge is 0.355 e. The number of piperazine rings is 1. The van der Waals surface area contributed by atoms with Crippen LogP contribution in [0.4, 0.5) is 0 Å². The van der Waals surface area contributed by atoms with Gasteiger partial charge in [0.2, 0.25) is 0 Å². The van der Waals surface area contributed by atoms with Gasteiger partial charge in [0.25, 0.3) is 0 Å². The van der Waals surface area contributed by atoms with Crippen LogP contribution in [0.25, 0.3) is 0 Å². The van der Waals surface area contributed by atoms with Crippen molar-refractivity contribution in [2.75, 3.05) is 54.4 Å². The third kappa shape index (κ3) is 5.48. The minimum atomic E-state index is 0.520. The van der Waals surface area contributed by atoms with E-state index in [0.29, 0.717) is 6.04 Å². The summed E-state index contributed by atoms with van der Waals surface area (Å²) in [7, 11) is 8.31. The van der Waals surface area contributed by atoms with E-state index in [1.807, 2.05) is 7.05 Å². The van der Waals surface area contributed by atoms with Crippen molar-refractivity contribution < 1.29 is 0 Å². The predicted octanol–water partition coefficient (Wildman–Crippen LogP) is 1.70. The lowest BCUT2D eigenvalue weighted by Gasteiger charge is -2.38. The molecule has 0 amide bonds. The Bertz CT molecular complexity index is 516. The zero-order valence-electron chi connectivity index (χ0n) is 14.6. The number of hydrogen-bond acceptors (Lipinski definition) is 3. The van der Waals surface area contributed by atoms with Crippen molar-refractivity contribution in [1.29, 1.82) is 0 Å². The Hall–Kier alpha value is -1.11. The van der Waals surface area contributed by atoms with Crippen molar-refractivity contribution in [3.63, 3.8) is 0 Å². The highest BCUT2D eigenvalue weighted by molar-refractivity contribution is 9.10. The Kier molecular flexibility index (Phi) is 6.87. The smallest absolute Gasteiger partial charge is 0.193 e. The number of guanidine groups is 1. The predicted molar refractivity (Wildman–Crippen MR) is 101 cm³/mol. The lowest BCUT2D eigenvalue weighted by molar-refractivity contribution is 0.116. The van der Waals surface area contributed by atoms with Gasteiger partial charge in [0.05, 0.1) is 0 Å². The molecule has 1 aromatic rings. The van der Waals surface area contributed by atoms with Gasteiger partial charge in [-0.3, -0.25) is 9.89 Å². The highest BCUT2D eigenvalue weighted by Gasteiger charge is 2.22. The van der Waals surface area contributed by atoms with E-state index >= 15 is 0 Å². The van der Waals surface area contributed by atoms with Gasteiger partial charge >= 0.3 is 0 Å². The molecule has 1 N–H and O–H groups in total. The molecular formula is C17H28BrN5. The molecular weight excluding hydrogens is 354 g/mol. The number of nitrogens with zero attached hydrogens (tertiary/aromatic N) is 4. The fourth-order valence-corrected chi connectivity index (χ4v) is 3.12. The monoisotopic (exact) mass is 381 g/mol. The van der Waals surface area contributed by atoms with E-state index in [2.05, 4.69) is 86.3 Å². The summed E-state index contributed by atoms with van der Waals surface area (Å²) >= 11 is 3.48. The van der Waals surface area contributed by atoms with Crippen molar-refractivity contribution in [2.45, 2.75) is 12.6 Å². The molecule has 1 saturated heterocycles. The van der Waals surface area contributed by atoms with E-state index in [0.717, 1.165) is 43.2 Å². The molecule has 1 aliphatic rings. The second-order valence-electron chi connectivity index (χ2n) is 6.31. The van der Waals surface area contributed by atoms with E-state index in [1.54, 1.807) is 0 Å². The van der Waals surface area contributed by atoms with Gasteiger partial charge in [-0.1, -0.05) is 28.1 Å². The molecule has 1 atom stereocenters. The molecule has 0 spiro atoms. The Morgan fingerprint density at radius 1 is 1.30 bits per heavy atom. The molecule has 0 bridgehead atoms. The van der Waals surface area contributed by atoms with Crippen molar-refractivity contribution in [2.24, 2.45) is 4.99 Å². The minimum Gasteiger partial charge on any atom is -0.355 e. The molecule has 1 heterocycles. The van der Waals surface area contributed by atoms with Gasteiger partial charge in [-0.15, -0.1) is 0 Å². The van der Waals surface area contributed by atoms with Gasteiger partial charge in [-0.25, -0.2) is 0 Å². The Morgan fingerprint density at radius 3 is 2.65 bits per heavy atom. The molecule has 23 heavy (non-hydrogen) atoms. The maximum absolute atomic E-state index is 4.42. The summed E-state index contributed by atoms with van der Waals surface area (Å²) < 4.78 is 1.11. The molecule has 128 valence electrons. The summed E-state index contributed by atoms with van der Waals surface area (Å²) in [5.41, 5.74) is 1.27. The number of aliphatic imine (C=N–C) groups is 1. The van der Waals surface area contributed by atoms with Gasteiger partial charge in [-0.05, 0) is 31.8 Å². The highest BCUT2D eigenvalue weighted by atomic mass is 79.9. The van der Waals surface area contributed by atoms with Crippen LogP contribution in [0.3, 0.4) is 0 Å². The number of halogens is 1. The molecule has 0 saturated carbocycles. The Balaban J connectivity index is 1.87. The fourth-order valence-electron chi connectivity index (χ4n) is 2.85. The van der Waals surface area contributed by atoms with Crippen LogP contribution in [0.5, 0.6) is 0 Å². The van der Waals surface area contributed by atoms with Crippen molar-refractivity contribution in [3.8, 4) is 0 Å². The molecule has 5 nitrogen and oxygen atoms in total. The van der Waals surface area contributed by atoms with E-state index in [9.17, 15) is 0 Å². The van der Waals surface area contributed by atoms with Gasteiger partial charge in [-0.2, -0.15) is 0 Å². The van der Waals surface area contributed by atoms with E-state index < -0.39 is 0 Å². The van der Waals surface area contributed by atoms with E-state index in [-0.39, 0.29) is 0 Å². The summed E-state index contributed by atoms with van der Waals surface area (Å²) in [5, 5.41) is 3.52. The molecule has 6 heteroatoms. The van der Waals surface area contributed by atoms with E-state index in [4.69, 9.17) is 0 Å². The summed E-state index contributed by atoms with van der Waals surface area (Å²) in [5.74, 6) is 0.939. The zero-order valence-corrected chi connectivity index (χ0v) is 16.2. The highest BCUT2D eigenvalue weighted by Crippen LogP contribution is 2.12. The summed E-state index contributed by atoms with van der Waals surface area (Å²) in [6, 6.07) is 8.94. The lowest BCUT2D eigenvalue weighted by atomic mass is 10.2. The SMILES string of the molecule is CN=C(NCC1CN(C)CCN1C)N(C)Cc1ccc(Br)cc1. The van der Waals surface area contributed by atoms with Crippen molar-refractivity contribution in [1.82, 2.24) is 20.0 Å². The Morgan fingerprint density at radius 2 is 2.00 bits per heavy atom. The van der Waals surface area contributed by atoms with Crippen molar-refractivity contribution >= 4 is 21.9 Å². The average molecular weight is 382 g/mol. The first-order chi connectivity index (χ1) is 11.0. The summed E-state index contributed by atoms with van der Waals surface area (Å²) in [4.78, 5) is 11.4. The van der Waals surface area contributed by atoms with Crippen LogP contribution in [0, 0.1) is 0 Å². The molecule has 0 radical (unpaired) electrons. The number of hydrogen-bond donors (Lipinski definition) is 1. The molecule has 2 rings (SSSR count). The Labute approximate surface area is 148 Å². The normalized spacial score (nSPS) is 20.6. The summed E-state index contributed by atoms with van der Waals surface area (Å²) in [6.07, 6.45) is 0. The van der Waals surface area contributed by atoms with Crippen LogP contribution in [0.2, 0.25) is 0 Å². The first-order valence-electron chi connectivity index (χ1n) is 8.04.